The summed E-state index contributed by atoms with van der Waals surface area (Å²) in [6.07, 6.45) is 0.456. The van der Waals surface area contributed by atoms with Gasteiger partial charge in [0.05, 0.1) is 6.04 Å². The van der Waals surface area contributed by atoms with E-state index in [0.717, 1.165) is 5.56 Å². The summed E-state index contributed by atoms with van der Waals surface area (Å²) >= 11 is 0. The van der Waals surface area contributed by atoms with Gasteiger partial charge in [-0.3, -0.25) is 0 Å². The van der Waals surface area contributed by atoms with Crippen LogP contribution in [0.25, 0.3) is 0 Å². The Morgan fingerprint density at radius 1 is 1.44 bits per heavy atom. The van der Waals surface area contributed by atoms with Crippen LogP contribution in [0.5, 0.6) is 0 Å². The monoisotopic (exact) mass is 349 g/mol. The highest BCUT2D eigenvalue weighted by atomic mass is 19.1. The van der Waals surface area contributed by atoms with E-state index in [0.29, 0.717) is 18.5 Å². The molecule has 0 spiro atoms. The zero-order valence-corrected chi connectivity index (χ0v) is 13.0. The van der Waals surface area contributed by atoms with Crippen molar-refractivity contribution in [3.8, 4) is 0 Å². The molecule has 1 aliphatic carbocycles. The predicted octanol–water partition coefficient (Wildman–Crippen LogP) is 0.312. The smallest absolute Gasteiger partial charge is 0.312 e. The Balaban J connectivity index is 1.65. The van der Waals surface area contributed by atoms with Gasteiger partial charge in [0.1, 0.15) is 5.82 Å². The maximum Gasteiger partial charge on any atom is 0.312 e. The number of carbonyl (C=O) groups excluding carboxylic acids is 1. The van der Waals surface area contributed by atoms with Crippen molar-refractivity contribution in [2.75, 3.05) is 18.4 Å². The Morgan fingerprint density at radius 2 is 2.28 bits per heavy atom. The van der Waals surface area contributed by atoms with E-state index in [1.807, 2.05) is 0 Å². The SMILES string of the molecule is NC(=O)NCCNc1nonc1/C(=N\O)NC1Cc2c(F)cccc21. The lowest BCUT2D eigenvalue weighted by Crippen LogP contribution is -2.37. The van der Waals surface area contributed by atoms with Crippen molar-refractivity contribution in [2.24, 2.45) is 10.9 Å². The van der Waals surface area contributed by atoms with Crippen LogP contribution < -0.4 is 21.7 Å². The molecule has 1 unspecified atom stereocenters. The van der Waals surface area contributed by atoms with E-state index in [-0.39, 0.29) is 35.8 Å². The number of rotatable bonds is 6. The number of anilines is 1. The number of hydrogen-bond donors (Lipinski definition) is 5. The summed E-state index contributed by atoms with van der Waals surface area (Å²) in [4.78, 5) is 10.6. The highest BCUT2D eigenvalue weighted by molar-refractivity contribution is 6.00. The number of nitrogens with two attached hydrogens (primary N) is 1. The van der Waals surface area contributed by atoms with E-state index < -0.39 is 6.03 Å². The molecule has 0 fully saturated rings. The minimum absolute atomic E-state index is 0.0338. The molecule has 25 heavy (non-hydrogen) atoms. The van der Waals surface area contributed by atoms with Gasteiger partial charge in [0.2, 0.25) is 5.82 Å². The highest BCUT2D eigenvalue weighted by Gasteiger charge is 2.31. The molecule has 2 aromatic rings. The van der Waals surface area contributed by atoms with Gasteiger partial charge in [-0.15, -0.1) is 0 Å². The lowest BCUT2D eigenvalue weighted by molar-refractivity contribution is 0.249. The molecule has 132 valence electrons. The molecule has 1 aliphatic rings. The number of fused-ring (bicyclic) bond motifs is 1. The Morgan fingerprint density at radius 3 is 3.04 bits per heavy atom. The molecule has 0 radical (unpaired) electrons. The van der Waals surface area contributed by atoms with Gasteiger partial charge in [0.25, 0.3) is 0 Å². The number of carbonyl (C=O) groups is 1. The second kappa shape index (κ2) is 7.03. The van der Waals surface area contributed by atoms with E-state index in [9.17, 15) is 14.4 Å². The summed E-state index contributed by atoms with van der Waals surface area (Å²) in [5.41, 5.74) is 6.54. The van der Waals surface area contributed by atoms with Crippen LogP contribution in [0.1, 0.15) is 22.9 Å². The standard InChI is InChI=1S/C14H16FN7O3/c15-9-3-1-2-7-8(9)6-10(7)19-13(20-24)11-12(22-25-21-11)17-4-5-18-14(16)23/h1-3,10,24H,4-6H2,(H,17,22)(H,19,20)(H3,16,18,23). The predicted molar refractivity (Wildman–Crippen MR) is 84.7 cm³/mol. The molecule has 0 bridgehead atoms. The van der Waals surface area contributed by atoms with Crippen molar-refractivity contribution in [2.45, 2.75) is 12.5 Å². The van der Waals surface area contributed by atoms with Crippen LogP contribution in [0.2, 0.25) is 0 Å². The van der Waals surface area contributed by atoms with Crippen molar-refractivity contribution in [1.82, 2.24) is 20.9 Å². The van der Waals surface area contributed by atoms with Crippen molar-refractivity contribution in [1.29, 1.82) is 0 Å². The number of oxime groups is 1. The molecular formula is C14H16FN7O3. The van der Waals surface area contributed by atoms with Crippen LogP contribution in [-0.2, 0) is 6.42 Å². The third-order valence-electron chi connectivity index (χ3n) is 3.78. The number of benzene rings is 1. The number of amidine groups is 1. The fraction of sp³-hybridized carbons (Fsp3) is 0.286. The minimum atomic E-state index is -0.643. The van der Waals surface area contributed by atoms with Crippen LogP contribution in [0.4, 0.5) is 15.0 Å². The van der Waals surface area contributed by atoms with E-state index in [1.165, 1.54) is 6.07 Å². The maximum absolute atomic E-state index is 13.6. The molecule has 3 rings (SSSR count). The first-order valence-electron chi connectivity index (χ1n) is 7.46. The Labute approximate surface area is 141 Å². The Hall–Kier alpha value is -3.37. The summed E-state index contributed by atoms with van der Waals surface area (Å²) in [5, 5.41) is 28.1. The van der Waals surface area contributed by atoms with E-state index >= 15 is 0 Å². The minimum Gasteiger partial charge on any atom is -0.409 e. The second-order valence-electron chi connectivity index (χ2n) is 5.34. The van der Waals surface area contributed by atoms with Gasteiger partial charge < -0.3 is 26.9 Å². The van der Waals surface area contributed by atoms with Gasteiger partial charge in [0, 0.05) is 19.5 Å². The number of primary amides is 1. The maximum atomic E-state index is 13.6. The van der Waals surface area contributed by atoms with Gasteiger partial charge in [-0.25, -0.2) is 13.8 Å². The Kier molecular flexibility index (Phi) is 4.64. The first-order chi connectivity index (χ1) is 12.1. The molecule has 2 amide bonds. The fourth-order valence-corrected chi connectivity index (χ4v) is 2.57. The van der Waals surface area contributed by atoms with Crippen LogP contribution in [0, 0.1) is 5.82 Å². The number of amides is 2. The molecule has 0 aliphatic heterocycles. The molecular weight excluding hydrogens is 333 g/mol. The molecule has 0 saturated carbocycles. The second-order valence-corrected chi connectivity index (χ2v) is 5.34. The molecule has 6 N–H and O–H groups in total. The molecule has 10 nitrogen and oxygen atoms in total. The average molecular weight is 349 g/mol. The Bertz CT molecular complexity index is 807. The molecule has 1 atom stereocenters. The van der Waals surface area contributed by atoms with Gasteiger partial charge in [0.15, 0.2) is 11.5 Å². The van der Waals surface area contributed by atoms with E-state index in [1.54, 1.807) is 12.1 Å². The summed E-state index contributed by atoms with van der Waals surface area (Å²) < 4.78 is 18.3. The summed E-state index contributed by atoms with van der Waals surface area (Å²) in [5.74, 6) is 0.00216. The van der Waals surface area contributed by atoms with Gasteiger partial charge in [-0.2, -0.15) is 0 Å². The van der Waals surface area contributed by atoms with Crippen LogP contribution in [0.3, 0.4) is 0 Å². The lowest BCUT2D eigenvalue weighted by Gasteiger charge is -2.31. The quantitative estimate of drug-likeness (QED) is 0.165. The fourth-order valence-electron chi connectivity index (χ4n) is 2.57. The van der Waals surface area contributed by atoms with Crippen LogP contribution in [0.15, 0.2) is 28.0 Å². The zero-order valence-electron chi connectivity index (χ0n) is 13.0. The third kappa shape index (κ3) is 3.44. The molecule has 1 aromatic heterocycles. The number of aromatic nitrogens is 2. The topological polar surface area (TPSA) is 151 Å². The summed E-state index contributed by atoms with van der Waals surface area (Å²) in [6.45, 7) is 0.566. The van der Waals surface area contributed by atoms with Crippen molar-refractivity contribution in [3.63, 3.8) is 0 Å². The zero-order chi connectivity index (χ0) is 17.8. The van der Waals surface area contributed by atoms with Gasteiger partial charge >= 0.3 is 6.03 Å². The number of urea groups is 1. The number of nitrogens with one attached hydrogen (secondary N) is 3. The number of nitrogens with zero attached hydrogens (tertiary/aromatic N) is 3. The molecule has 1 aromatic carbocycles. The van der Waals surface area contributed by atoms with Gasteiger partial charge in [-0.05, 0) is 27.5 Å². The van der Waals surface area contributed by atoms with Gasteiger partial charge in [-0.1, -0.05) is 17.3 Å². The first kappa shape index (κ1) is 16.5. The normalized spacial score (nSPS) is 15.9. The van der Waals surface area contributed by atoms with Crippen LogP contribution >= 0.6 is 0 Å². The average Bonchev–Trinajstić information content (AvgIpc) is 3.02. The first-order valence-corrected chi connectivity index (χ1v) is 7.46. The lowest BCUT2D eigenvalue weighted by atomic mass is 9.83. The van der Waals surface area contributed by atoms with Crippen molar-refractivity contribution >= 4 is 17.7 Å². The molecule has 1 heterocycles. The van der Waals surface area contributed by atoms with E-state index in [4.69, 9.17) is 5.73 Å². The van der Waals surface area contributed by atoms with E-state index in [2.05, 4.69) is 36.0 Å². The van der Waals surface area contributed by atoms with Crippen LogP contribution in [-0.4, -0.2) is 40.5 Å². The number of halogens is 1. The summed E-state index contributed by atoms with van der Waals surface area (Å²) in [6, 6.07) is 3.96. The molecule has 11 heteroatoms. The summed E-state index contributed by atoms with van der Waals surface area (Å²) in [7, 11) is 0. The molecule has 0 saturated heterocycles. The third-order valence-corrected chi connectivity index (χ3v) is 3.78. The largest absolute Gasteiger partial charge is 0.409 e. The number of hydrogen-bond acceptors (Lipinski definition) is 7. The highest BCUT2D eigenvalue weighted by Crippen LogP contribution is 2.35. The van der Waals surface area contributed by atoms with Crippen molar-refractivity contribution in [3.05, 3.63) is 40.8 Å². The van der Waals surface area contributed by atoms with Crippen molar-refractivity contribution < 1.29 is 19.0 Å².